The van der Waals surface area contributed by atoms with Gasteiger partial charge in [0.15, 0.2) is 0 Å². The number of phosphoric ester groups is 1. The lowest BCUT2D eigenvalue weighted by molar-refractivity contribution is -0.870. The van der Waals surface area contributed by atoms with E-state index in [0.717, 1.165) is 109 Å². The summed E-state index contributed by atoms with van der Waals surface area (Å²) in [4.78, 5) is 39.9. The molecule has 0 heterocycles. The highest BCUT2D eigenvalue weighted by atomic mass is 31.2. The molecular weight excluding hydrogens is 928 g/mol. The van der Waals surface area contributed by atoms with Gasteiger partial charge in [-0.1, -0.05) is 222 Å². The lowest BCUT2D eigenvalue weighted by Gasteiger charge is -2.30. The fraction of sp³-hybridized carbons (Fsp3) is 0.746. The van der Waals surface area contributed by atoms with Crippen molar-refractivity contribution in [1.82, 2.24) is 5.32 Å². The van der Waals surface area contributed by atoms with Crippen molar-refractivity contribution in [3.05, 3.63) is 85.1 Å². The fourth-order valence-electron chi connectivity index (χ4n) is 8.14. The van der Waals surface area contributed by atoms with Crippen LogP contribution < -0.4 is 10.2 Å². The number of rotatable bonds is 53. The molecule has 0 rings (SSSR count). The maximum absolute atomic E-state index is 13.5. The van der Waals surface area contributed by atoms with Gasteiger partial charge in [-0.15, -0.1) is 0 Å². The van der Waals surface area contributed by atoms with Crippen molar-refractivity contribution in [2.45, 2.75) is 264 Å². The van der Waals surface area contributed by atoms with E-state index < -0.39 is 26.6 Å². The van der Waals surface area contributed by atoms with Gasteiger partial charge in [-0.05, 0) is 102 Å². The number of carbonyl (C=O) groups is 2. The molecule has 0 aromatic carbocycles. The zero-order chi connectivity index (χ0) is 53.6. The van der Waals surface area contributed by atoms with Crippen molar-refractivity contribution < 1.29 is 37.3 Å². The number of likely N-dealkylation sites (N-methyl/N-ethyl adjacent to an activating group) is 1. The van der Waals surface area contributed by atoms with Crippen LogP contribution in [0.5, 0.6) is 0 Å². The number of esters is 1. The Bertz CT molecular complexity index is 1530. The minimum absolute atomic E-state index is 0.0335. The summed E-state index contributed by atoms with van der Waals surface area (Å²) in [6, 6.07) is -0.911. The third-order valence-electron chi connectivity index (χ3n) is 12.8. The van der Waals surface area contributed by atoms with Gasteiger partial charge in [0.1, 0.15) is 19.3 Å². The van der Waals surface area contributed by atoms with Crippen LogP contribution in [-0.2, 0) is 27.9 Å². The molecule has 422 valence electrons. The van der Waals surface area contributed by atoms with Gasteiger partial charge in [0.25, 0.3) is 7.82 Å². The summed E-state index contributed by atoms with van der Waals surface area (Å²) in [7, 11) is 1.15. The predicted molar refractivity (Wildman–Crippen MR) is 311 cm³/mol. The molecule has 0 bridgehead atoms. The largest absolute Gasteiger partial charge is 0.756 e. The van der Waals surface area contributed by atoms with E-state index in [9.17, 15) is 19.0 Å². The van der Waals surface area contributed by atoms with E-state index in [4.69, 9.17) is 13.8 Å². The highest BCUT2D eigenvalue weighted by molar-refractivity contribution is 7.45. The number of nitrogens with zero attached hydrogens (tertiary/aromatic N) is 1. The molecule has 0 aromatic heterocycles. The van der Waals surface area contributed by atoms with Crippen LogP contribution in [0.25, 0.3) is 0 Å². The molecule has 3 atom stereocenters. The molecule has 10 heteroatoms. The number of quaternary nitrogens is 1. The molecule has 9 nitrogen and oxygen atoms in total. The molecule has 1 N–H and O–H groups in total. The van der Waals surface area contributed by atoms with Gasteiger partial charge in [0.05, 0.1) is 33.8 Å². The second kappa shape index (κ2) is 52.6. The molecule has 0 fully saturated rings. The van der Waals surface area contributed by atoms with E-state index in [-0.39, 0.29) is 24.9 Å². The number of phosphoric acid groups is 1. The molecule has 73 heavy (non-hydrogen) atoms. The number of hydrogen-bond donors (Lipinski definition) is 1. The molecule has 0 radical (unpaired) electrons. The van der Waals surface area contributed by atoms with Gasteiger partial charge in [-0.25, -0.2) is 0 Å². The Balaban J connectivity index is 5.42. The Morgan fingerprint density at radius 1 is 0.493 bits per heavy atom. The average molecular weight is 1040 g/mol. The summed E-state index contributed by atoms with van der Waals surface area (Å²) in [5.41, 5.74) is 0. The van der Waals surface area contributed by atoms with Gasteiger partial charge in [0.2, 0.25) is 5.91 Å². The van der Waals surface area contributed by atoms with E-state index in [1.807, 2.05) is 33.3 Å². The quantitative estimate of drug-likeness (QED) is 0.0161. The van der Waals surface area contributed by atoms with Crippen LogP contribution >= 0.6 is 7.82 Å². The molecule has 0 saturated carbocycles. The highest BCUT2D eigenvalue weighted by Crippen LogP contribution is 2.38. The number of ether oxygens (including phenoxy) is 1. The molecule has 1 amide bonds. The molecule has 3 unspecified atom stereocenters. The van der Waals surface area contributed by atoms with Crippen molar-refractivity contribution in [3.63, 3.8) is 0 Å². The van der Waals surface area contributed by atoms with Crippen molar-refractivity contribution in [1.29, 1.82) is 0 Å². The lowest BCUT2D eigenvalue weighted by Crippen LogP contribution is -2.47. The van der Waals surface area contributed by atoms with Gasteiger partial charge >= 0.3 is 5.97 Å². The van der Waals surface area contributed by atoms with E-state index in [1.165, 1.54) is 103 Å². The minimum atomic E-state index is -4.71. The number of hydrogen-bond acceptors (Lipinski definition) is 7. The van der Waals surface area contributed by atoms with Crippen LogP contribution in [0, 0.1) is 0 Å². The van der Waals surface area contributed by atoms with Crippen LogP contribution in [0.3, 0.4) is 0 Å². The first kappa shape index (κ1) is 70.2. The average Bonchev–Trinajstić information content (AvgIpc) is 3.35. The Hall–Kier alpha value is -2.81. The number of amides is 1. The van der Waals surface area contributed by atoms with Crippen molar-refractivity contribution in [3.8, 4) is 0 Å². The molecule has 0 aliphatic heterocycles. The van der Waals surface area contributed by atoms with Crippen molar-refractivity contribution in [2.75, 3.05) is 40.9 Å². The number of nitrogens with one attached hydrogen (secondary N) is 1. The topological polar surface area (TPSA) is 114 Å². The van der Waals surface area contributed by atoms with Crippen molar-refractivity contribution >= 4 is 19.7 Å². The lowest BCUT2D eigenvalue weighted by atomic mass is 10.0. The maximum atomic E-state index is 13.5. The summed E-state index contributed by atoms with van der Waals surface area (Å²) >= 11 is 0. The summed E-state index contributed by atoms with van der Waals surface area (Å²) in [5, 5.41) is 3.01. The Labute approximate surface area is 450 Å². The first-order valence-corrected chi connectivity index (χ1v) is 31.4. The summed E-state index contributed by atoms with van der Waals surface area (Å²) in [6.07, 6.45) is 68.2. The fourth-order valence-corrected chi connectivity index (χ4v) is 8.86. The molecule has 0 aliphatic carbocycles. The zero-order valence-corrected chi connectivity index (χ0v) is 49.0. The predicted octanol–water partition coefficient (Wildman–Crippen LogP) is 17.6. The second-order valence-electron chi connectivity index (χ2n) is 21.2. The summed E-state index contributed by atoms with van der Waals surface area (Å²) in [6.45, 7) is 6.75. The van der Waals surface area contributed by atoms with E-state index >= 15 is 0 Å². The van der Waals surface area contributed by atoms with Crippen LogP contribution in [0.2, 0.25) is 0 Å². The van der Waals surface area contributed by atoms with Crippen LogP contribution in [0.4, 0.5) is 0 Å². The summed E-state index contributed by atoms with van der Waals surface area (Å²) < 4.78 is 30.2. The molecule has 0 spiro atoms. The third-order valence-corrected chi connectivity index (χ3v) is 13.8. The SMILES string of the molecule is CCCCC/C=C\C/C=C\C/C=C\C/C=C\CCCCCC(=O)OC(/C=C/CCCCCCCCCCCCC)C(COP(=O)([O-])OCC[N+](C)(C)C)NC(=O)CCCCCCCC/C=C/C=C/CCCCC. The van der Waals surface area contributed by atoms with E-state index in [1.54, 1.807) is 0 Å². The van der Waals surface area contributed by atoms with E-state index in [2.05, 4.69) is 99.0 Å². The molecule has 0 aliphatic rings. The number of unbranched alkanes of at least 4 members (excludes halogenated alkanes) is 26. The number of allylic oxidation sites excluding steroid dienone is 13. The van der Waals surface area contributed by atoms with Crippen LogP contribution in [0.1, 0.15) is 252 Å². The normalized spacial score (nSPS) is 14.3. The Morgan fingerprint density at radius 2 is 0.877 bits per heavy atom. The number of carbonyl (C=O) groups excluding carboxylic acids is 2. The Morgan fingerprint density at radius 3 is 1.37 bits per heavy atom. The minimum Gasteiger partial charge on any atom is -0.756 e. The molecular formula is C63H113N2O7P. The monoisotopic (exact) mass is 1040 g/mol. The molecule has 0 aromatic rings. The van der Waals surface area contributed by atoms with E-state index in [0.29, 0.717) is 23.9 Å². The van der Waals surface area contributed by atoms with Gasteiger partial charge in [0, 0.05) is 12.8 Å². The third kappa shape index (κ3) is 53.8. The molecule has 0 saturated heterocycles. The summed E-state index contributed by atoms with van der Waals surface area (Å²) in [5.74, 6) is -0.593. The van der Waals surface area contributed by atoms with Gasteiger partial charge in [-0.2, -0.15) is 0 Å². The van der Waals surface area contributed by atoms with Gasteiger partial charge < -0.3 is 28.5 Å². The van der Waals surface area contributed by atoms with Gasteiger partial charge in [-0.3, -0.25) is 14.2 Å². The zero-order valence-electron chi connectivity index (χ0n) is 48.1. The van der Waals surface area contributed by atoms with Crippen LogP contribution in [-0.4, -0.2) is 69.4 Å². The Kier molecular flexibility index (Phi) is 50.6. The highest BCUT2D eigenvalue weighted by Gasteiger charge is 2.27. The second-order valence-corrected chi connectivity index (χ2v) is 22.6. The standard InChI is InChI=1S/C63H113N2O7P/c1-7-10-13-16-19-22-25-28-30-31-32-33-35-38-41-44-47-50-53-56-63(67)72-61(54-51-48-45-42-39-36-27-24-21-18-15-12-9-3)60(59-71-73(68,69)70-58-57-65(4,5)6)64-62(66)55-52-49-46-43-40-37-34-29-26-23-20-17-14-11-8-2/h19-20,22-23,26,28-30,32-33,38,41,51,54,60-61H,7-18,21,24-25,27,31,34-37,39-40,42-50,52-53,55-59H2,1-6H3,(H-,64,66,68,69)/b22-19-,23-20+,29-26+,30-28-,33-32-,41-38-,54-51+. The van der Waals surface area contributed by atoms with Crippen LogP contribution in [0.15, 0.2) is 85.1 Å². The first-order chi connectivity index (χ1) is 35.4. The van der Waals surface area contributed by atoms with Crippen molar-refractivity contribution in [2.24, 2.45) is 0 Å². The first-order valence-electron chi connectivity index (χ1n) is 29.9. The smallest absolute Gasteiger partial charge is 0.306 e. The maximum Gasteiger partial charge on any atom is 0.306 e.